The van der Waals surface area contributed by atoms with Crippen LogP contribution in [0.25, 0.3) is 10.2 Å². The van der Waals surface area contributed by atoms with E-state index in [0.717, 1.165) is 40.5 Å². The van der Waals surface area contributed by atoms with Gasteiger partial charge in [-0.1, -0.05) is 37.2 Å². The van der Waals surface area contributed by atoms with Crippen molar-refractivity contribution in [3.05, 3.63) is 53.1 Å². The summed E-state index contributed by atoms with van der Waals surface area (Å²) < 4.78 is 6.92. The standard InChI is InChI=1S/C26H35N3O2S/c1-6-7-8-18-31-22-13-11-21(12-14-22)25(30)29(17-9-16-28(4)5)26-27-24-20(3)19(2)10-15-23(24)32-26/h10-15H,6-9,16-18H2,1-5H3. The Morgan fingerprint density at radius 3 is 2.44 bits per heavy atom. The molecule has 0 saturated heterocycles. The van der Waals surface area contributed by atoms with Crippen molar-refractivity contribution >= 4 is 32.6 Å². The first-order chi connectivity index (χ1) is 15.4. The fourth-order valence-electron chi connectivity index (χ4n) is 3.55. The number of anilines is 1. The van der Waals surface area contributed by atoms with Gasteiger partial charge in [0.1, 0.15) is 5.75 Å². The van der Waals surface area contributed by atoms with E-state index in [-0.39, 0.29) is 5.91 Å². The molecule has 0 atom stereocenters. The number of hydrogen-bond donors (Lipinski definition) is 0. The van der Waals surface area contributed by atoms with Gasteiger partial charge in [0.15, 0.2) is 5.13 Å². The maximum Gasteiger partial charge on any atom is 0.260 e. The number of rotatable bonds is 11. The lowest BCUT2D eigenvalue weighted by Crippen LogP contribution is -2.33. The zero-order valence-electron chi connectivity index (χ0n) is 20.0. The summed E-state index contributed by atoms with van der Waals surface area (Å²) in [6, 6.07) is 11.7. The maximum absolute atomic E-state index is 13.5. The van der Waals surface area contributed by atoms with Gasteiger partial charge in [0.25, 0.3) is 5.91 Å². The van der Waals surface area contributed by atoms with Gasteiger partial charge in [-0.2, -0.15) is 0 Å². The van der Waals surface area contributed by atoms with Crippen molar-refractivity contribution < 1.29 is 9.53 Å². The summed E-state index contributed by atoms with van der Waals surface area (Å²) in [5, 5.41) is 0.761. The molecule has 0 unspecified atom stereocenters. The molecule has 1 amide bonds. The Kier molecular flexibility index (Phi) is 8.65. The molecule has 0 spiro atoms. The SMILES string of the molecule is CCCCCOc1ccc(C(=O)N(CCCN(C)C)c2nc3c(C)c(C)ccc3s2)cc1. The first-order valence-corrected chi connectivity index (χ1v) is 12.3. The molecule has 3 aromatic rings. The Bertz CT molecular complexity index is 1030. The van der Waals surface area contributed by atoms with Crippen LogP contribution in [-0.2, 0) is 0 Å². The number of benzene rings is 2. The van der Waals surface area contributed by atoms with Gasteiger partial charge in [-0.25, -0.2) is 4.98 Å². The summed E-state index contributed by atoms with van der Waals surface area (Å²) in [6.07, 6.45) is 4.27. The lowest BCUT2D eigenvalue weighted by atomic mass is 10.1. The molecule has 0 N–H and O–H groups in total. The van der Waals surface area contributed by atoms with Crippen molar-refractivity contribution in [1.82, 2.24) is 9.88 Å². The van der Waals surface area contributed by atoms with E-state index in [1.807, 2.05) is 29.2 Å². The average Bonchev–Trinajstić information content (AvgIpc) is 3.21. The van der Waals surface area contributed by atoms with Crippen molar-refractivity contribution in [2.75, 3.05) is 38.7 Å². The number of carbonyl (C=O) groups is 1. The summed E-state index contributed by atoms with van der Waals surface area (Å²) in [6.45, 7) is 8.63. The van der Waals surface area contributed by atoms with Gasteiger partial charge >= 0.3 is 0 Å². The molecule has 2 aromatic carbocycles. The number of carbonyl (C=O) groups excluding carboxylic acids is 1. The molecule has 172 valence electrons. The van der Waals surface area contributed by atoms with Crippen LogP contribution in [-0.4, -0.2) is 49.6 Å². The number of aromatic nitrogens is 1. The molecule has 0 bridgehead atoms. The number of thiazole rings is 1. The molecule has 1 aromatic heterocycles. The van der Waals surface area contributed by atoms with E-state index >= 15 is 0 Å². The fraction of sp³-hybridized carbons (Fsp3) is 0.462. The van der Waals surface area contributed by atoms with Gasteiger partial charge in [0, 0.05) is 12.1 Å². The minimum Gasteiger partial charge on any atom is -0.494 e. The summed E-state index contributed by atoms with van der Waals surface area (Å²) in [7, 11) is 4.10. The molecule has 6 heteroatoms. The third-order valence-electron chi connectivity index (χ3n) is 5.65. The Labute approximate surface area is 196 Å². The van der Waals surface area contributed by atoms with E-state index in [1.165, 1.54) is 24.0 Å². The van der Waals surface area contributed by atoms with E-state index < -0.39 is 0 Å². The summed E-state index contributed by atoms with van der Waals surface area (Å²) in [5.74, 6) is 0.789. The first-order valence-electron chi connectivity index (χ1n) is 11.5. The van der Waals surface area contributed by atoms with Crippen LogP contribution in [0.3, 0.4) is 0 Å². The number of fused-ring (bicyclic) bond motifs is 1. The Hall–Kier alpha value is -2.44. The highest BCUT2D eigenvalue weighted by Gasteiger charge is 2.22. The van der Waals surface area contributed by atoms with E-state index in [9.17, 15) is 4.79 Å². The van der Waals surface area contributed by atoms with Crippen molar-refractivity contribution in [2.45, 2.75) is 46.5 Å². The van der Waals surface area contributed by atoms with Crippen molar-refractivity contribution in [3.8, 4) is 5.75 Å². The van der Waals surface area contributed by atoms with Crippen LogP contribution < -0.4 is 9.64 Å². The molecule has 3 rings (SSSR count). The second kappa shape index (κ2) is 11.4. The van der Waals surface area contributed by atoms with Crippen molar-refractivity contribution in [3.63, 3.8) is 0 Å². The van der Waals surface area contributed by atoms with Crippen LogP contribution in [0.2, 0.25) is 0 Å². The molecule has 1 heterocycles. The predicted molar refractivity (Wildman–Crippen MR) is 135 cm³/mol. The molecular weight excluding hydrogens is 418 g/mol. The van der Waals surface area contributed by atoms with Crippen LogP contribution in [0, 0.1) is 13.8 Å². The lowest BCUT2D eigenvalue weighted by molar-refractivity contribution is 0.0986. The highest BCUT2D eigenvalue weighted by molar-refractivity contribution is 7.22. The summed E-state index contributed by atoms with van der Waals surface area (Å²) in [4.78, 5) is 22.3. The number of hydrogen-bond acceptors (Lipinski definition) is 5. The predicted octanol–water partition coefficient (Wildman–Crippen LogP) is 6.08. The number of amides is 1. The quantitative estimate of drug-likeness (QED) is 0.330. The largest absolute Gasteiger partial charge is 0.494 e. The van der Waals surface area contributed by atoms with Crippen molar-refractivity contribution in [1.29, 1.82) is 0 Å². The topological polar surface area (TPSA) is 45.7 Å². The minimum absolute atomic E-state index is 0.0188. The molecule has 0 saturated carbocycles. The normalized spacial score (nSPS) is 11.3. The maximum atomic E-state index is 13.5. The number of aryl methyl sites for hydroxylation is 2. The zero-order valence-corrected chi connectivity index (χ0v) is 20.8. The van der Waals surface area contributed by atoms with Crippen LogP contribution in [0.15, 0.2) is 36.4 Å². The smallest absolute Gasteiger partial charge is 0.260 e. The molecule has 0 aliphatic heterocycles. The minimum atomic E-state index is -0.0188. The van der Waals surface area contributed by atoms with Crippen LogP contribution in [0.1, 0.15) is 54.1 Å². The van der Waals surface area contributed by atoms with E-state index in [0.29, 0.717) is 18.7 Å². The van der Waals surface area contributed by atoms with Gasteiger partial charge in [0.05, 0.1) is 16.8 Å². The molecule has 0 aliphatic rings. The van der Waals surface area contributed by atoms with Gasteiger partial charge in [-0.3, -0.25) is 9.69 Å². The van der Waals surface area contributed by atoms with Crippen LogP contribution in [0.4, 0.5) is 5.13 Å². The fourth-order valence-corrected chi connectivity index (χ4v) is 4.60. The van der Waals surface area contributed by atoms with E-state index in [1.54, 1.807) is 11.3 Å². The molecule has 5 nitrogen and oxygen atoms in total. The summed E-state index contributed by atoms with van der Waals surface area (Å²) >= 11 is 1.58. The number of unbranched alkanes of at least 4 members (excludes halogenated alkanes) is 2. The third kappa shape index (κ3) is 6.08. The van der Waals surface area contributed by atoms with E-state index in [4.69, 9.17) is 9.72 Å². The lowest BCUT2D eigenvalue weighted by Gasteiger charge is -2.21. The first kappa shape index (κ1) is 24.2. The Balaban J connectivity index is 1.82. The second-order valence-electron chi connectivity index (χ2n) is 8.54. The number of nitrogens with zero attached hydrogens (tertiary/aromatic N) is 3. The molecule has 0 radical (unpaired) electrons. The third-order valence-corrected chi connectivity index (χ3v) is 6.70. The average molecular weight is 454 g/mol. The van der Waals surface area contributed by atoms with Crippen molar-refractivity contribution in [2.24, 2.45) is 0 Å². The summed E-state index contributed by atoms with van der Waals surface area (Å²) in [5.41, 5.74) is 4.04. The molecule has 0 aliphatic carbocycles. The molecular formula is C26H35N3O2S. The Morgan fingerprint density at radius 1 is 1.00 bits per heavy atom. The Morgan fingerprint density at radius 2 is 1.75 bits per heavy atom. The van der Waals surface area contributed by atoms with Crippen LogP contribution in [0.5, 0.6) is 5.75 Å². The van der Waals surface area contributed by atoms with Gasteiger partial charge in [-0.05, 0) is 88.8 Å². The van der Waals surface area contributed by atoms with Gasteiger partial charge < -0.3 is 9.64 Å². The van der Waals surface area contributed by atoms with Gasteiger partial charge in [-0.15, -0.1) is 0 Å². The molecule has 32 heavy (non-hydrogen) atoms. The van der Waals surface area contributed by atoms with Crippen LogP contribution >= 0.6 is 11.3 Å². The zero-order chi connectivity index (χ0) is 23.1. The highest BCUT2D eigenvalue weighted by atomic mass is 32.1. The van der Waals surface area contributed by atoms with Gasteiger partial charge in [0.2, 0.25) is 0 Å². The molecule has 0 fully saturated rings. The second-order valence-corrected chi connectivity index (χ2v) is 9.55. The number of ether oxygens (including phenoxy) is 1. The van der Waals surface area contributed by atoms with E-state index in [2.05, 4.69) is 51.9 Å². The monoisotopic (exact) mass is 453 g/mol. The highest BCUT2D eigenvalue weighted by Crippen LogP contribution is 2.33.